The zero-order valence-corrected chi connectivity index (χ0v) is 16.3. The first-order valence-electron chi connectivity index (χ1n) is 9.15. The number of amides is 1. The number of carbonyl (C=O) groups is 1. The number of aromatic nitrogens is 1. The van der Waals surface area contributed by atoms with E-state index in [4.69, 9.17) is 11.6 Å². The fraction of sp³-hybridized carbons (Fsp3) is 0.400. The van der Waals surface area contributed by atoms with E-state index in [-0.39, 0.29) is 22.8 Å². The average Bonchev–Trinajstić information content (AvgIpc) is 3.24. The fourth-order valence-corrected chi connectivity index (χ4v) is 6.22. The van der Waals surface area contributed by atoms with Crippen LogP contribution in [0, 0.1) is 0 Å². The van der Waals surface area contributed by atoms with Gasteiger partial charge < -0.3 is 5.32 Å². The number of pyridine rings is 1. The molecule has 0 radical (unpaired) electrons. The van der Waals surface area contributed by atoms with Crippen LogP contribution < -0.4 is 5.32 Å². The van der Waals surface area contributed by atoms with Crippen molar-refractivity contribution in [1.82, 2.24) is 10.3 Å². The number of hydrogen-bond donors (Lipinski definition) is 1. The van der Waals surface area contributed by atoms with E-state index in [1.165, 1.54) is 12.1 Å². The van der Waals surface area contributed by atoms with Crippen molar-refractivity contribution >= 4 is 27.3 Å². The maximum atomic E-state index is 13.3. The second-order valence-electron chi connectivity index (χ2n) is 7.37. The van der Waals surface area contributed by atoms with Crippen LogP contribution in [0.5, 0.6) is 0 Å². The Labute approximate surface area is 164 Å². The molecule has 7 heteroatoms. The molecular weight excluding hydrogens is 384 g/mol. The summed E-state index contributed by atoms with van der Waals surface area (Å²) in [5, 5.41) is 3.47. The summed E-state index contributed by atoms with van der Waals surface area (Å²) in [6.45, 7) is 0. The summed E-state index contributed by atoms with van der Waals surface area (Å²) in [6.07, 6.45) is 6.50. The summed E-state index contributed by atoms with van der Waals surface area (Å²) in [5.41, 5.74) is 1.07. The van der Waals surface area contributed by atoms with E-state index >= 15 is 0 Å². The third-order valence-electron chi connectivity index (χ3n) is 5.68. The molecule has 1 aromatic carbocycles. The molecule has 2 aliphatic rings. The van der Waals surface area contributed by atoms with E-state index in [2.05, 4.69) is 10.3 Å². The summed E-state index contributed by atoms with van der Waals surface area (Å²) in [5.74, 6) is -0.161. The summed E-state index contributed by atoms with van der Waals surface area (Å²) in [4.78, 5) is 17.4. The van der Waals surface area contributed by atoms with E-state index in [1.54, 1.807) is 24.5 Å². The van der Waals surface area contributed by atoms with Crippen LogP contribution in [0.4, 0.5) is 0 Å². The van der Waals surface area contributed by atoms with Crippen LogP contribution >= 0.6 is 11.6 Å². The molecule has 2 aromatic rings. The second kappa shape index (κ2) is 6.91. The Hall–Kier alpha value is -1.92. The number of halogens is 1. The fourth-order valence-electron chi connectivity index (χ4n) is 4.02. The van der Waals surface area contributed by atoms with Crippen molar-refractivity contribution in [2.45, 2.75) is 53.7 Å². The first kappa shape index (κ1) is 18.4. The number of hydrogen-bond acceptors (Lipinski definition) is 4. The minimum absolute atomic E-state index is 0.0282. The normalized spacial score (nSPS) is 23.7. The highest BCUT2D eigenvalue weighted by Gasteiger charge is 2.54. The van der Waals surface area contributed by atoms with Gasteiger partial charge in [-0.2, -0.15) is 0 Å². The molecule has 0 saturated heterocycles. The van der Waals surface area contributed by atoms with Gasteiger partial charge in [0.2, 0.25) is 5.91 Å². The van der Waals surface area contributed by atoms with Gasteiger partial charge in [0.1, 0.15) is 0 Å². The van der Waals surface area contributed by atoms with Gasteiger partial charge in [0, 0.05) is 29.4 Å². The molecule has 2 saturated carbocycles. The standard InChI is InChI=1S/C20H21ClN2O3S/c21-15-5-7-16(8-6-15)27(25,26)20(9-1-2-10-20)19(24)23-18-12-17(18)14-4-3-11-22-13-14/h3-8,11,13,17-18H,1-2,9-10,12H2,(H,23,24)/t17-,18+/m1/s1. The highest BCUT2D eigenvalue weighted by molar-refractivity contribution is 7.93. The predicted octanol–water partition coefficient (Wildman–Crippen LogP) is 3.49. The van der Waals surface area contributed by atoms with Crippen LogP contribution in [0.3, 0.4) is 0 Å². The molecule has 0 aliphatic heterocycles. The van der Waals surface area contributed by atoms with Crippen LogP contribution in [0.1, 0.15) is 43.6 Å². The molecule has 2 atom stereocenters. The van der Waals surface area contributed by atoms with Gasteiger partial charge in [-0.3, -0.25) is 9.78 Å². The van der Waals surface area contributed by atoms with Crippen LogP contribution in [-0.2, 0) is 14.6 Å². The molecule has 142 valence electrons. The van der Waals surface area contributed by atoms with Crippen molar-refractivity contribution < 1.29 is 13.2 Å². The molecule has 5 nitrogen and oxygen atoms in total. The first-order valence-corrected chi connectivity index (χ1v) is 11.0. The van der Waals surface area contributed by atoms with E-state index in [0.717, 1.165) is 24.8 Å². The van der Waals surface area contributed by atoms with E-state index in [0.29, 0.717) is 17.9 Å². The molecule has 0 bridgehead atoms. The Morgan fingerprint density at radius 3 is 2.48 bits per heavy atom. The minimum Gasteiger partial charge on any atom is -0.351 e. The zero-order valence-electron chi connectivity index (χ0n) is 14.8. The number of nitrogens with zero attached hydrogens (tertiary/aromatic N) is 1. The van der Waals surface area contributed by atoms with Gasteiger partial charge in [0.15, 0.2) is 14.6 Å². The Morgan fingerprint density at radius 1 is 1.15 bits per heavy atom. The Kier molecular flexibility index (Phi) is 4.72. The average molecular weight is 405 g/mol. The number of nitrogens with one attached hydrogen (secondary N) is 1. The van der Waals surface area contributed by atoms with E-state index in [9.17, 15) is 13.2 Å². The predicted molar refractivity (Wildman–Crippen MR) is 103 cm³/mol. The van der Waals surface area contributed by atoms with Crippen molar-refractivity contribution in [3.63, 3.8) is 0 Å². The van der Waals surface area contributed by atoms with Crippen LogP contribution in [0.15, 0.2) is 53.7 Å². The monoisotopic (exact) mass is 404 g/mol. The van der Waals surface area contributed by atoms with Gasteiger partial charge in [-0.15, -0.1) is 0 Å². The third-order valence-corrected chi connectivity index (χ3v) is 8.45. The molecule has 0 unspecified atom stereocenters. The SMILES string of the molecule is O=C(N[C@H]1C[C@@H]1c1cccnc1)C1(S(=O)(=O)c2ccc(Cl)cc2)CCCC1. The van der Waals surface area contributed by atoms with Crippen molar-refractivity contribution in [3.05, 3.63) is 59.4 Å². The smallest absolute Gasteiger partial charge is 0.242 e. The number of sulfone groups is 1. The Morgan fingerprint density at radius 2 is 1.85 bits per heavy atom. The van der Waals surface area contributed by atoms with Crippen molar-refractivity contribution in [2.24, 2.45) is 0 Å². The molecular formula is C20H21ClN2O3S. The zero-order chi connectivity index (χ0) is 19.1. The van der Waals surface area contributed by atoms with Gasteiger partial charge >= 0.3 is 0 Å². The van der Waals surface area contributed by atoms with E-state index < -0.39 is 14.6 Å². The van der Waals surface area contributed by atoms with Crippen molar-refractivity contribution in [2.75, 3.05) is 0 Å². The molecule has 1 amide bonds. The maximum absolute atomic E-state index is 13.3. The lowest BCUT2D eigenvalue weighted by Crippen LogP contribution is -2.51. The third kappa shape index (κ3) is 3.25. The molecule has 27 heavy (non-hydrogen) atoms. The Balaban J connectivity index is 1.57. The van der Waals surface area contributed by atoms with E-state index in [1.807, 2.05) is 12.1 Å². The second-order valence-corrected chi connectivity index (χ2v) is 10.1. The first-order chi connectivity index (χ1) is 12.9. The van der Waals surface area contributed by atoms with Crippen molar-refractivity contribution in [1.29, 1.82) is 0 Å². The van der Waals surface area contributed by atoms with Crippen molar-refractivity contribution in [3.8, 4) is 0 Å². The van der Waals surface area contributed by atoms with Gasteiger partial charge in [0.05, 0.1) is 4.90 Å². The van der Waals surface area contributed by atoms with Gasteiger partial charge in [0.25, 0.3) is 0 Å². The molecule has 1 heterocycles. The topological polar surface area (TPSA) is 76.1 Å². The summed E-state index contributed by atoms with van der Waals surface area (Å²) in [7, 11) is -3.80. The van der Waals surface area contributed by atoms with Crippen LogP contribution in [-0.4, -0.2) is 30.1 Å². The highest BCUT2D eigenvalue weighted by atomic mass is 35.5. The Bertz CT molecular complexity index is 939. The molecule has 1 aromatic heterocycles. The molecule has 2 aliphatic carbocycles. The van der Waals surface area contributed by atoms with Gasteiger partial charge in [-0.25, -0.2) is 8.42 Å². The lowest BCUT2D eigenvalue weighted by molar-refractivity contribution is -0.123. The lowest BCUT2D eigenvalue weighted by Gasteiger charge is -2.28. The summed E-state index contributed by atoms with van der Waals surface area (Å²) in [6, 6.07) is 9.90. The highest BCUT2D eigenvalue weighted by Crippen LogP contribution is 2.44. The molecule has 4 rings (SSSR count). The largest absolute Gasteiger partial charge is 0.351 e. The molecule has 1 N–H and O–H groups in total. The van der Waals surface area contributed by atoms with Crippen LogP contribution in [0.25, 0.3) is 0 Å². The number of benzene rings is 1. The number of carbonyl (C=O) groups excluding carboxylic acids is 1. The molecule has 2 fully saturated rings. The lowest BCUT2D eigenvalue weighted by atomic mass is 10.1. The van der Waals surface area contributed by atoms with Gasteiger partial charge in [-0.05, 0) is 55.2 Å². The van der Waals surface area contributed by atoms with Crippen LogP contribution in [0.2, 0.25) is 5.02 Å². The van der Waals surface area contributed by atoms with Gasteiger partial charge in [-0.1, -0.05) is 30.5 Å². The number of rotatable bonds is 5. The molecule has 0 spiro atoms. The summed E-state index contributed by atoms with van der Waals surface area (Å²) >= 11 is 5.89. The minimum atomic E-state index is -3.80. The maximum Gasteiger partial charge on any atom is 0.242 e. The quantitative estimate of drug-likeness (QED) is 0.827. The summed E-state index contributed by atoms with van der Waals surface area (Å²) < 4.78 is 25.3.